The molecule has 0 saturated carbocycles. The van der Waals surface area contributed by atoms with Crippen LogP contribution in [0, 0.1) is 5.92 Å². The van der Waals surface area contributed by atoms with Crippen molar-refractivity contribution in [1.29, 1.82) is 0 Å². The number of aromatic carboxylic acids is 1. The Labute approximate surface area is 227 Å². The zero-order valence-corrected chi connectivity index (χ0v) is 21.8. The van der Waals surface area contributed by atoms with Gasteiger partial charge >= 0.3 is 5.97 Å². The highest BCUT2D eigenvalue weighted by molar-refractivity contribution is 7.92. The van der Waals surface area contributed by atoms with Crippen LogP contribution in [0.4, 0.5) is 4.39 Å². The predicted octanol–water partition coefficient (Wildman–Crippen LogP) is 5.50. The van der Waals surface area contributed by atoms with Crippen LogP contribution in [0.25, 0.3) is 10.9 Å². The zero-order valence-electron chi connectivity index (χ0n) is 20.3. The zero-order chi connectivity index (χ0) is 27.4. The van der Waals surface area contributed by atoms with Gasteiger partial charge in [0.1, 0.15) is 0 Å². The summed E-state index contributed by atoms with van der Waals surface area (Å²) in [5, 5.41) is 15.3. The van der Waals surface area contributed by atoms with E-state index < -0.39 is 32.6 Å². The van der Waals surface area contributed by atoms with Crippen LogP contribution in [0.5, 0.6) is 0 Å². The lowest BCUT2D eigenvalue weighted by molar-refractivity contribution is 0.0697. The number of hydrogen-bond donors (Lipinski definition) is 2. The number of halogens is 2. The minimum Gasteiger partial charge on any atom is -0.478 e. The van der Waals surface area contributed by atoms with Gasteiger partial charge in [-0.25, -0.2) is 17.6 Å². The lowest BCUT2D eigenvalue weighted by Crippen LogP contribution is -2.40. The third kappa shape index (κ3) is 4.20. The maximum absolute atomic E-state index is 17.4. The Morgan fingerprint density at radius 2 is 1.82 bits per heavy atom. The number of aromatic nitrogens is 3. The van der Waals surface area contributed by atoms with Gasteiger partial charge in [0.25, 0.3) is 10.9 Å². The number of benzene rings is 3. The van der Waals surface area contributed by atoms with Gasteiger partial charge in [-0.3, -0.25) is 0 Å². The molecule has 0 spiro atoms. The fraction of sp³-hybridized carbons (Fsp3) is 0.179. The van der Waals surface area contributed by atoms with E-state index >= 15 is 4.39 Å². The number of rotatable bonds is 7. The van der Waals surface area contributed by atoms with E-state index in [1.807, 2.05) is 6.07 Å². The summed E-state index contributed by atoms with van der Waals surface area (Å²) in [6, 6.07) is 18.8. The van der Waals surface area contributed by atoms with Gasteiger partial charge in [-0.1, -0.05) is 41.9 Å². The molecular formula is C28H21ClFN3O5S. The molecule has 0 radical (unpaired) electrons. The molecule has 2 atom stereocenters. The third-order valence-electron chi connectivity index (χ3n) is 7.14. The molecule has 39 heavy (non-hydrogen) atoms. The van der Waals surface area contributed by atoms with Crippen LogP contribution in [-0.2, 0) is 34.1 Å². The standard InChI is InChI=1S/C28H21ClFN3O5S/c29-19-10-11-23-22(15-19)21-13-18(14-24(21)31-23)28(30,39(36,37)20-4-2-1-3-5-20)27-33-32-25(38-27)12-16-6-8-17(9-7-16)26(34)35/h1-11,15,18,31H,12-14H2,(H,34,35). The normalized spacial score (nSPS) is 16.7. The Hall–Kier alpha value is -4.02. The van der Waals surface area contributed by atoms with Crippen molar-refractivity contribution in [2.24, 2.45) is 5.92 Å². The van der Waals surface area contributed by atoms with Gasteiger partial charge in [0.15, 0.2) is 0 Å². The molecule has 2 unspecified atom stereocenters. The number of sulfone groups is 1. The summed E-state index contributed by atoms with van der Waals surface area (Å²) in [5.41, 5.74) is 3.14. The molecule has 2 N–H and O–H groups in total. The van der Waals surface area contributed by atoms with Crippen LogP contribution in [0.1, 0.15) is 39.0 Å². The Morgan fingerprint density at radius 3 is 2.54 bits per heavy atom. The van der Waals surface area contributed by atoms with Crippen LogP contribution >= 0.6 is 11.6 Å². The number of alkyl halides is 1. The fourth-order valence-corrected chi connectivity index (χ4v) is 7.14. The summed E-state index contributed by atoms with van der Waals surface area (Å²) in [4.78, 5) is 14.2. The van der Waals surface area contributed by atoms with Crippen molar-refractivity contribution < 1.29 is 27.1 Å². The molecule has 1 aliphatic carbocycles. The molecular weight excluding hydrogens is 545 g/mol. The molecule has 2 heterocycles. The summed E-state index contributed by atoms with van der Waals surface area (Å²) < 4.78 is 51.0. The number of carboxylic acids is 1. The number of nitrogens with zero attached hydrogens (tertiary/aromatic N) is 2. The van der Waals surface area contributed by atoms with Crippen LogP contribution in [-0.4, -0.2) is 34.7 Å². The summed E-state index contributed by atoms with van der Waals surface area (Å²) in [5.74, 6) is -2.74. The van der Waals surface area contributed by atoms with Crippen LogP contribution < -0.4 is 0 Å². The third-order valence-corrected chi connectivity index (χ3v) is 9.56. The molecule has 0 amide bonds. The second kappa shape index (κ2) is 9.32. The van der Waals surface area contributed by atoms with Crippen molar-refractivity contribution in [3.8, 4) is 0 Å². The summed E-state index contributed by atoms with van der Waals surface area (Å²) in [6.45, 7) is 0. The first-order chi connectivity index (χ1) is 18.7. The van der Waals surface area contributed by atoms with E-state index in [2.05, 4.69) is 15.2 Å². The summed E-state index contributed by atoms with van der Waals surface area (Å²) >= 11 is 6.20. The molecule has 1 aliphatic rings. The second-order valence-electron chi connectivity index (χ2n) is 9.52. The number of carbonyl (C=O) groups is 1. The van der Waals surface area contributed by atoms with Crippen LogP contribution in [0.2, 0.25) is 5.02 Å². The highest BCUT2D eigenvalue weighted by atomic mass is 35.5. The predicted molar refractivity (Wildman–Crippen MR) is 141 cm³/mol. The van der Waals surface area contributed by atoms with Gasteiger partial charge in [0, 0.05) is 27.5 Å². The SMILES string of the molecule is O=C(O)c1ccc(Cc2nnc(C(F)(C3Cc4[nH]c5ccc(Cl)cc5c4C3)S(=O)(=O)c3ccccc3)o2)cc1. The van der Waals surface area contributed by atoms with Crippen molar-refractivity contribution in [3.05, 3.63) is 112 Å². The average molecular weight is 566 g/mol. The minimum absolute atomic E-state index is 0.00658. The van der Waals surface area contributed by atoms with Crippen molar-refractivity contribution in [3.63, 3.8) is 0 Å². The van der Waals surface area contributed by atoms with E-state index in [0.29, 0.717) is 10.6 Å². The molecule has 6 rings (SSSR count). The summed E-state index contributed by atoms with van der Waals surface area (Å²) in [7, 11) is -4.64. The number of hydrogen-bond acceptors (Lipinski definition) is 6. The van der Waals surface area contributed by atoms with Crippen molar-refractivity contribution in [1.82, 2.24) is 15.2 Å². The average Bonchev–Trinajstić information content (AvgIpc) is 3.65. The van der Waals surface area contributed by atoms with Gasteiger partial charge in [-0.15, -0.1) is 10.2 Å². The largest absolute Gasteiger partial charge is 0.478 e. The Kier molecular flexibility index (Phi) is 6.04. The molecule has 8 nitrogen and oxygen atoms in total. The lowest BCUT2D eigenvalue weighted by atomic mass is 9.98. The topological polar surface area (TPSA) is 126 Å². The van der Waals surface area contributed by atoms with E-state index in [0.717, 1.165) is 22.2 Å². The summed E-state index contributed by atoms with van der Waals surface area (Å²) in [6.07, 6.45) is 0.298. The first kappa shape index (κ1) is 25.3. The molecule has 0 fully saturated rings. The van der Waals surface area contributed by atoms with Gasteiger partial charge < -0.3 is 14.5 Å². The molecule has 2 aromatic heterocycles. The first-order valence-corrected chi connectivity index (χ1v) is 14.0. The highest BCUT2D eigenvalue weighted by Gasteiger charge is 2.59. The Bertz CT molecular complexity index is 1820. The quantitative estimate of drug-likeness (QED) is 0.267. The maximum atomic E-state index is 17.4. The van der Waals surface area contributed by atoms with Gasteiger partial charge in [-0.2, -0.15) is 0 Å². The highest BCUT2D eigenvalue weighted by Crippen LogP contribution is 2.49. The number of nitrogens with one attached hydrogen (secondary N) is 1. The molecule has 0 saturated heterocycles. The number of aromatic amines is 1. The fourth-order valence-electron chi connectivity index (χ4n) is 5.19. The van der Waals surface area contributed by atoms with Gasteiger partial charge in [0.05, 0.1) is 16.9 Å². The molecule has 198 valence electrons. The smallest absolute Gasteiger partial charge is 0.335 e. The Balaban J connectivity index is 1.40. The molecule has 3 aromatic carbocycles. The Morgan fingerprint density at radius 1 is 1.08 bits per heavy atom. The van der Waals surface area contributed by atoms with E-state index in [4.69, 9.17) is 21.1 Å². The first-order valence-electron chi connectivity index (χ1n) is 12.1. The molecule has 11 heteroatoms. The minimum atomic E-state index is -4.64. The van der Waals surface area contributed by atoms with Gasteiger partial charge in [0.2, 0.25) is 15.7 Å². The number of fused-ring (bicyclic) bond motifs is 3. The van der Waals surface area contributed by atoms with Crippen molar-refractivity contribution >= 4 is 38.3 Å². The van der Waals surface area contributed by atoms with Crippen molar-refractivity contribution in [2.45, 2.75) is 29.2 Å². The van der Waals surface area contributed by atoms with E-state index in [1.54, 1.807) is 30.3 Å². The maximum Gasteiger partial charge on any atom is 0.335 e. The number of carboxylic acid groups (broad SMARTS) is 1. The second-order valence-corrected chi connectivity index (χ2v) is 12.0. The molecule has 0 bridgehead atoms. The lowest BCUT2D eigenvalue weighted by Gasteiger charge is -2.28. The molecule has 0 aliphatic heterocycles. The van der Waals surface area contributed by atoms with Crippen LogP contribution in [0.3, 0.4) is 0 Å². The molecule has 5 aromatic rings. The van der Waals surface area contributed by atoms with Crippen LogP contribution in [0.15, 0.2) is 82.1 Å². The van der Waals surface area contributed by atoms with Gasteiger partial charge in [-0.05, 0) is 66.4 Å². The van der Waals surface area contributed by atoms with Crippen molar-refractivity contribution in [2.75, 3.05) is 0 Å². The number of H-pyrrole nitrogens is 1. The monoisotopic (exact) mass is 565 g/mol. The van der Waals surface area contributed by atoms with E-state index in [-0.39, 0.29) is 35.6 Å². The van der Waals surface area contributed by atoms with E-state index in [1.165, 1.54) is 36.4 Å². The van der Waals surface area contributed by atoms with E-state index in [9.17, 15) is 13.2 Å².